The van der Waals surface area contributed by atoms with Crippen LogP contribution in [0.25, 0.3) is 0 Å². The van der Waals surface area contributed by atoms with E-state index in [9.17, 15) is 14.4 Å². The predicted molar refractivity (Wildman–Crippen MR) is 73.0 cm³/mol. The topological polar surface area (TPSA) is 87.7 Å². The van der Waals surface area contributed by atoms with E-state index < -0.39 is 18.0 Å². The molecule has 1 saturated heterocycles. The number of piperidine rings is 1. The van der Waals surface area contributed by atoms with Crippen molar-refractivity contribution in [2.75, 3.05) is 20.2 Å². The second-order valence-corrected chi connectivity index (χ2v) is 5.18. The van der Waals surface area contributed by atoms with Crippen molar-refractivity contribution in [3.8, 4) is 0 Å². The maximum Gasteiger partial charge on any atom is 0.323 e. The number of urea groups is 1. The normalized spacial score (nSPS) is 19.5. The molecule has 1 aliphatic heterocycles. The molecule has 0 aromatic rings. The Morgan fingerprint density at radius 1 is 1.30 bits per heavy atom. The van der Waals surface area contributed by atoms with Crippen LogP contribution in [0.1, 0.15) is 33.1 Å². The molecule has 1 unspecified atom stereocenters. The third kappa shape index (κ3) is 5.16. The van der Waals surface area contributed by atoms with Gasteiger partial charge in [0, 0.05) is 6.04 Å². The van der Waals surface area contributed by atoms with Crippen molar-refractivity contribution in [2.24, 2.45) is 0 Å². The Bertz CT molecular complexity index is 371. The highest BCUT2D eigenvalue weighted by molar-refractivity contribution is 5.95. The molecule has 1 rings (SSSR count). The average Bonchev–Trinajstić information content (AvgIpc) is 2.37. The molecule has 1 aliphatic rings. The largest absolute Gasteiger partial charge is 0.468 e. The molecule has 1 atom stereocenters. The number of nitrogens with one attached hydrogen (secondary N) is 2. The molecule has 20 heavy (non-hydrogen) atoms. The van der Waals surface area contributed by atoms with Crippen molar-refractivity contribution in [3.63, 3.8) is 0 Å². The van der Waals surface area contributed by atoms with Gasteiger partial charge in [-0.25, -0.2) is 4.79 Å². The lowest BCUT2D eigenvalue weighted by atomic mass is 10.0. The van der Waals surface area contributed by atoms with E-state index in [1.54, 1.807) is 4.90 Å². The van der Waals surface area contributed by atoms with E-state index >= 15 is 0 Å². The fraction of sp³-hybridized carbons (Fsp3) is 0.769. The number of methoxy groups -OCH3 is 1. The number of amides is 3. The van der Waals surface area contributed by atoms with Crippen LogP contribution in [0.2, 0.25) is 0 Å². The molecule has 0 spiro atoms. The number of likely N-dealkylation sites (tertiary alicyclic amines) is 1. The van der Waals surface area contributed by atoms with Gasteiger partial charge < -0.3 is 10.1 Å². The van der Waals surface area contributed by atoms with E-state index in [2.05, 4.69) is 10.6 Å². The lowest BCUT2D eigenvalue weighted by Gasteiger charge is -2.32. The van der Waals surface area contributed by atoms with E-state index in [4.69, 9.17) is 4.74 Å². The number of hydrogen-bond donors (Lipinski definition) is 2. The van der Waals surface area contributed by atoms with Gasteiger partial charge in [0.15, 0.2) is 0 Å². The van der Waals surface area contributed by atoms with E-state index in [0.29, 0.717) is 13.0 Å². The molecule has 0 radical (unpaired) electrons. The zero-order valence-electron chi connectivity index (χ0n) is 12.3. The second kappa shape index (κ2) is 7.84. The first-order valence-electron chi connectivity index (χ1n) is 6.86. The summed E-state index contributed by atoms with van der Waals surface area (Å²) in [6.07, 6.45) is 2.54. The van der Waals surface area contributed by atoms with Gasteiger partial charge in [-0.2, -0.15) is 0 Å². The van der Waals surface area contributed by atoms with Crippen LogP contribution in [0.15, 0.2) is 0 Å². The summed E-state index contributed by atoms with van der Waals surface area (Å²) in [5.74, 6) is -0.747. The van der Waals surface area contributed by atoms with Crippen molar-refractivity contribution in [1.82, 2.24) is 15.5 Å². The SMILES string of the molecule is COC(=O)C1CCCCN1CC(=O)NC(=O)NC(C)C. The lowest BCUT2D eigenvalue weighted by Crippen LogP contribution is -2.51. The van der Waals surface area contributed by atoms with Crippen LogP contribution in [-0.4, -0.2) is 55.1 Å². The molecule has 0 aliphatic carbocycles. The molecular formula is C13H23N3O4. The first-order chi connectivity index (χ1) is 9.43. The summed E-state index contributed by atoms with van der Waals surface area (Å²) in [7, 11) is 1.34. The van der Waals surface area contributed by atoms with Crippen LogP contribution in [0.3, 0.4) is 0 Å². The van der Waals surface area contributed by atoms with Gasteiger partial charge in [0.1, 0.15) is 6.04 Å². The molecule has 0 aromatic heterocycles. The molecule has 7 heteroatoms. The number of carbonyl (C=O) groups is 3. The highest BCUT2D eigenvalue weighted by atomic mass is 16.5. The van der Waals surface area contributed by atoms with Crippen LogP contribution in [0.4, 0.5) is 4.79 Å². The van der Waals surface area contributed by atoms with Crippen molar-refractivity contribution < 1.29 is 19.1 Å². The number of rotatable bonds is 4. The number of esters is 1. The second-order valence-electron chi connectivity index (χ2n) is 5.18. The summed E-state index contributed by atoms with van der Waals surface area (Å²) in [6.45, 7) is 4.29. The van der Waals surface area contributed by atoms with Crippen LogP contribution >= 0.6 is 0 Å². The molecule has 7 nitrogen and oxygen atoms in total. The van der Waals surface area contributed by atoms with Crippen molar-refractivity contribution >= 4 is 17.9 Å². The Labute approximate surface area is 119 Å². The van der Waals surface area contributed by atoms with Crippen LogP contribution in [-0.2, 0) is 14.3 Å². The molecule has 1 heterocycles. The number of carbonyl (C=O) groups excluding carboxylic acids is 3. The first kappa shape index (κ1) is 16.4. The van der Waals surface area contributed by atoms with Gasteiger partial charge in [0.2, 0.25) is 5.91 Å². The maximum atomic E-state index is 11.8. The molecule has 0 bridgehead atoms. The molecule has 0 saturated carbocycles. The fourth-order valence-corrected chi connectivity index (χ4v) is 2.23. The summed E-state index contributed by atoms with van der Waals surface area (Å²) < 4.78 is 4.74. The summed E-state index contributed by atoms with van der Waals surface area (Å²) in [6, 6.07) is -0.954. The third-order valence-corrected chi connectivity index (χ3v) is 3.11. The summed E-state index contributed by atoms with van der Waals surface area (Å²) in [5.41, 5.74) is 0. The monoisotopic (exact) mass is 285 g/mol. The van der Waals surface area contributed by atoms with Crippen LogP contribution in [0.5, 0.6) is 0 Å². The summed E-state index contributed by atoms with van der Waals surface area (Å²) in [4.78, 5) is 36.6. The fourth-order valence-electron chi connectivity index (χ4n) is 2.23. The Morgan fingerprint density at radius 2 is 2.00 bits per heavy atom. The highest BCUT2D eigenvalue weighted by Crippen LogP contribution is 2.17. The average molecular weight is 285 g/mol. The summed E-state index contributed by atoms with van der Waals surface area (Å²) >= 11 is 0. The van der Waals surface area contributed by atoms with Crippen LogP contribution in [0, 0.1) is 0 Å². The number of ether oxygens (including phenoxy) is 1. The molecule has 114 valence electrons. The minimum absolute atomic E-state index is 0.0191. The Balaban J connectivity index is 2.50. The quantitative estimate of drug-likeness (QED) is 0.723. The molecule has 3 amide bonds. The standard InChI is InChI=1S/C13H23N3O4/c1-9(2)14-13(19)15-11(17)8-16-7-5-4-6-10(16)12(18)20-3/h9-10H,4-8H2,1-3H3,(H2,14,15,17,19). The Kier molecular flexibility index (Phi) is 6.44. The molecule has 0 aromatic carbocycles. The van der Waals surface area contributed by atoms with Gasteiger partial charge in [-0.05, 0) is 33.2 Å². The minimum Gasteiger partial charge on any atom is -0.468 e. The van der Waals surface area contributed by atoms with Crippen LogP contribution < -0.4 is 10.6 Å². The van der Waals surface area contributed by atoms with Gasteiger partial charge in [0.25, 0.3) is 0 Å². The minimum atomic E-state index is -0.517. The van der Waals surface area contributed by atoms with E-state index in [1.807, 2.05) is 13.8 Å². The highest BCUT2D eigenvalue weighted by Gasteiger charge is 2.30. The van der Waals surface area contributed by atoms with E-state index in [1.165, 1.54) is 7.11 Å². The molecule has 2 N–H and O–H groups in total. The van der Waals surface area contributed by atoms with Crippen molar-refractivity contribution in [1.29, 1.82) is 0 Å². The Morgan fingerprint density at radius 3 is 2.60 bits per heavy atom. The lowest BCUT2D eigenvalue weighted by molar-refractivity contribution is -0.148. The third-order valence-electron chi connectivity index (χ3n) is 3.11. The van der Waals surface area contributed by atoms with Gasteiger partial charge in [-0.15, -0.1) is 0 Å². The first-order valence-corrected chi connectivity index (χ1v) is 6.86. The zero-order chi connectivity index (χ0) is 15.1. The smallest absolute Gasteiger partial charge is 0.323 e. The Hall–Kier alpha value is -1.63. The van der Waals surface area contributed by atoms with E-state index in [-0.39, 0.29) is 18.6 Å². The van der Waals surface area contributed by atoms with Crippen molar-refractivity contribution in [3.05, 3.63) is 0 Å². The van der Waals surface area contributed by atoms with Gasteiger partial charge in [-0.1, -0.05) is 6.42 Å². The van der Waals surface area contributed by atoms with Crippen molar-refractivity contribution in [2.45, 2.75) is 45.2 Å². The number of hydrogen-bond acceptors (Lipinski definition) is 5. The summed E-state index contributed by atoms with van der Waals surface area (Å²) in [5, 5.41) is 4.83. The number of nitrogens with zero attached hydrogens (tertiary/aromatic N) is 1. The molecule has 1 fully saturated rings. The number of imide groups is 1. The molecular weight excluding hydrogens is 262 g/mol. The van der Waals surface area contributed by atoms with Gasteiger partial charge >= 0.3 is 12.0 Å². The predicted octanol–water partition coefficient (Wildman–Crippen LogP) is 0.248. The zero-order valence-corrected chi connectivity index (χ0v) is 12.3. The van der Waals surface area contributed by atoms with Gasteiger partial charge in [-0.3, -0.25) is 19.8 Å². The maximum absolute atomic E-state index is 11.8. The van der Waals surface area contributed by atoms with Gasteiger partial charge in [0.05, 0.1) is 13.7 Å². The van der Waals surface area contributed by atoms with E-state index in [0.717, 1.165) is 12.8 Å².